The van der Waals surface area contributed by atoms with Gasteiger partial charge < -0.3 is 19.3 Å². The molecule has 2 amide bonds. The Morgan fingerprint density at radius 1 is 0.917 bits per heavy atom. The number of hydrogen-bond donors (Lipinski definition) is 0. The summed E-state index contributed by atoms with van der Waals surface area (Å²) in [6.45, 7) is 2.76. The summed E-state index contributed by atoms with van der Waals surface area (Å²) in [5.74, 6) is 0.225. The molecule has 0 spiro atoms. The highest BCUT2D eigenvalue weighted by atomic mass is 16.5. The summed E-state index contributed by atoms with van der Waals surface area (Å²) in [5, 5.41) is 8.44. The molecular weight excluding hydrogens is 458 g/mol. The van der Waals surface area contributed by atoms with E-state index in [9.17, 15) is 9.59 Å². The van der Waals surface area contributed by atoms with Crippen molar-refractivity contribution in [2.24, 2.45) is 0 Å². The molecular formula is C27H25N5O4. The summed E-state index contributed by atoms with van der Waals surface area (Å²) in [6, 6.07) is 22.6. The number of carbonyl (C=O) groups is 2. The average Bonchev–Trinajstić information content (AvgIpc) is 3.35. The van der Waals surface area contributed by atoms with Crippen LogP contribution < -0.4 is 9.64 Å². The summed E-state index contributed by atoms with van der Waals surface area (Å²) in [7, 11) is 0. The second-order valence-corrected chi connectivity index (χ2v) is 8.86. The number of ether oxygens (including phenoxy) is 2. The molecule has 9 nitrogen and oxygen atoms in total. The first kappa shape index (κ1) is 22.2. The van der Waals surface area contributed by atoms with E-state index in [0.717, 1.165) is 16.6 Å². The monoisotopic (exact) mass is 483 g/mol. The van der Waals surface area contributed by atoms with Crippen LogP contribution in [0.5, 0.6) is 5.75 Å². The molecule has 6 rings (SSSR count). The number of benzene rings is 3. The second-order valence-electron chi connectivity index (χ2n) is 8.86. The van der Waals surface area contributed by atoms with Crippen LogP contribution in [0.1, 0.15) is 15.9 Å². The predicted molar refractivity (Wildman–Crippen MR) is 133 cm³/mol. The molecule has 0 saturated carbocycles. The van der Waals surface area contributed by atoms with Gasteiger partial charge in [-0.15, -0.1) is 5.10 Å². The van der Waals surface area contributed by atoms with Gasteiger partial charge in [0.1, 0.15) is 11.3 Å². The summed E-state index contributed by atoms with van der Waals surface area (Å²) < 4.78 is 13.2. The fraction of sp³-hybridized carbons (Fsp3) is 0.259. The molecule has 0 unspecified atom stereocenters. The quantitative estimate of drug-likeness (QED) is 0.444. The van der Waals surface area contributed by atoms with Gasteiger partial charge >= 0.3 is 0 Å². The van der Waals surface area contributed by atoms with Crippen LogP contribution in [0.15, 0.2) is 72.8 Å². The van der Waals surface area contributed by atoms with Crippen LogP contribution in [0.25, 0.3) is 11.0 Å². The van der Waals surface area contributed by atoms with E-state index in [2.05, 4.69) is 10.3 Å². The van der Waals surface area contributed by atoms with Gasteiger partial charge in [0.15, 0.2) is 6.10 Å². The minimum Gasteiger partial charge on any atom is -0.476 e. The van der Waals surface area contributed by atoms with Crippen LogP contribution in [0.3, 0.4) is 0 Å². The van der Waals surface area contributed by atoms with Gasteiger partial charge in [-0.25, -0.2) is 4.68 Å². The van der Waals surface area contributed by atoms with Crippen molar-refractivity contribution < 1.29 is 19.1 Å². The van der Waals surface area contributed by atoms with Gasteiger partial charge in [0, 0.05) is 18.7 Å². The van der Waals surface area contributed by atoms with E-state index < -0.39 is 6.10 Å². The van der Waals surface area contributed by atoms with E-state index in [1.165, 1.54) is 0 Å². The Hall–Kier alpha value is -4.24. The van der Waals surface area contributed by atoms with E-state index in [1.54, 1.807) is 15.9 Å². The molecule has 0 radical (unpaired) electrons. The van der Waals surface area contributed by atoms with Crippen molar-refractivity contribution in [3.63, 3.8) is 0 Å². The lowest BCUT2D eigenvalue weighted by molar-refractivity contribution is -0.142. The first-order valence-corrected chi connectivity index (χ1v) is 12.0. The first-order valence-electron chi connectivity index (χ1n) is 12.0. The Morgan fingerprint density at radius 3 is 2.50 bits per heavy atom. The Balaban J connectivity index is 1.22. The number of amides is 2. The number of morpholine rings is 1. The summed E-state index contributed by atoms with van der Waals surface area (Å²) in [4.78, 5) is 30.1. The molecule has 0 aliphatic carbocycles. The maximum absolute atomic E-state index is 13.6. The van der Waals surface area contributed by atoms with Gasteiger partial charge in [0.05, 0.1) is 37.5 Å². The predicted octanol–water partition coefficient (Wildman–Crippen LogP) is 2.75. The number of para-hydroxylation sites is 3. The van der Waals surface area contributed by atoms with Gasteiger partial charge in [-0.2, -0.15) is 0 Å². The lowest BCUT2D eigenvalue weighted by Gasteiger charge is -2.37. The van der Waals surface area contributed by atoms with Crippen molar-refractivity contribution in [2.45, 2.75) is 12.6 Å². The Bertz CT molecular complexity index is 1410. The van der Waals surface area contributed by atoms with Crippen molar-refractivity contribution in [3.05, 3.63) is 83.9 Å². The van der Waals surface area contributed by atoms with Gasteiger partial charge in [-0.05, 0) is 42.0 Å². The lowest BCUT2D eigenvalue weighted by atomic mass is 10.1. The van der Waals surface area contributed by atoms with Crippen LogP contribution in [0.4, 0.5) is 5.69 Å². The van der Waals surface area contributed by atoms with Crippen LogP contribution >= 0.6 is 0 Å². The largest absolute Gasteiger partial charge is 0.476 e. The van der Waals surface area contributed by atoms with Gasteiger partial charge in [-0.3, -0.25) is 9.59 Å². The highest BCUT2D eigenvalue weighted by Crippen LogP contribution is 2.34. The van der Waals surface area contributed by atoms with Crippen molar-refractivity contribution in [3.8, 4) is 5.75 Å². The zero-order chi connectivity index (χ0) is 24.5. The first-order chi connectivity index (χ1) is 17.7. The fourth-order valence-electron chi connectivity index (χ4n) is 4.66. The topological polar surface area (TPSA) is 89.8 Å². The molecule has 1 saturated heterocycles. The van der Waals surface area contributed by atoms with Crippen molar-refractivity contribution in [1.82, 2.24) is 19.9 Å². The number of hydrogen-bond acceptors (Lipinski definition) is 6. The van der Waals surface area contributed by atoms with Gasteiger partial charge in [0.2, 0.25) is 0 Å². The molecule has 3 aromatic carbocycles. The van der Waals surface area contributed by atoms with Crippen molar-refractivity contribution in [1.29, 1.82) is 0 Å². The number of carbonyl (C=O) groups excluding carboxylic acids is 2. The number of aromatic nitrogens is 3. The molecule has 2 aliphatic rings. The molecule has 182 valence electrons. The zero-order valence-electron chi connectivity index (χ0n) is 19.6. The minimum absolute atomic E-state index is 0.124. The normalized spacial score (nSPS) is 17.5. The number of anilines is 1. The van der Waals surface area contributed by atoms with E-state index in [0.29, 0.717) is 49.8 Å². The van der Waals surface area contributed by atoms with E-state index in [-0.39, 0.29) is 18.4 Å². The Kier molecular flexibility index (Phi) is 5.82. The SMILES string of the molecule is O=C([C@H]1CN(C(=O)c2ccc(Cn3nnc4ccccc43)cc2)c2ccccc2O1)N1CCOCC1. The van der Waals surface area contributed by atoms with E-state index in [4.69, 9.17) is 9.47 Å². The van der Waals surface area contributed by atoms with Crippen LogP contribution in [0.2, 0.25) is 0 Å². The lowest BCUT2D eigenvalue weighted by Crippen LogP contribution is -2.54. The number of fused-ring (bicyclic) bond motifs is 2. The molecule has 1 fully saturated rings. The molecule has 3 heterocycles. The molecule has 0 N–H and O–H groups in total. The van der Waals surface area contributed by atoms with E-state index in [1.807, 2.05) is 71.4 Å². The minimum atomic E-state index is -0.762. The standard InChI is InChI=1S/C27H25N5O4/c33-26(20-11-9-19(10-12-20)17-32-22-6-2-1-5-21(22)28-29-32)31-18-25(27(34)30-13-15-35-16-14-30)36-24-8-4-3-7-23(24)31/h1-12,25H,13-18H2/t25-/m1/s1. The second kappa shape index (κ2) is 9.43. The molecule has 4 aromatic rings. The number of rotatable bonds is 4. The highest BCUT2D eigenvalue weighted by molar-refractivity contribution is 6.08. The summed E-state index contributed by atoms with van der Waals surface area (Å²) >= 11 is 0. The van der Waals surface area contributed by atoms with Crippen LogP contribution in [0, 0.1) is 0 Å². The smallest absolute Gasteiger partial charge is 0.265 e. The average molecular weight is 484 g/mol. The fourth-order valence-corrected chi connectivity index (χ4v) is 4.66. The summed E-state index contributed by atoms with van der Waals surface area (Å²) in [6.07, 6.45) is -0.762. The zero-order valence-corrected chi connectivity index (χ0v) is 19.6. The number of nitrogens with zero attached hydrogens (tertiary/aromatic N) is 5. The maximum atomic E-state index is 13.6. The molecule has 1 aromatic heterocycles. The summed E-state index contributed by atoms with van der Waals surface area (Å²) in [5.41, 5.74) is 4.00. The molecule has 36 heavy (non-hydrogen) atoms. The molecule has 0 bridgehead atoms. The van der Waals surface area contributed by atoms with Gasteiger partial charge in [-0.1, -0.05) is 41.6 Å². The highest BCUT2D eigenvalue weighted by Gasteiger charge is 2.36. The third-order valence-electron chi connectivity index (χ3n) is 6.57. The molecule has 2 aliphatic heterocycles. The Morgan fingerprint density at radius 2 is 1.67 bits per heavy atom. The Labute approximate surface area is 207 Å². The van der Waals surface area contributed by atoms with Crippen molar-refractivity contribution in [2.75, 3.05) is 37.7 Å². The van der Waals surface area contributed by atoms with Crippen LogP contribution in [-0.4, -0.2) is 70.7 Å². The maximum Gasteiger partial charge on any atom is 0.265 e. The van der Waals surface area contributed by atoms with Gasteiger partial charge in [0.25, 0.3) is 11.8 Å². The van der Waals surface area contributed by atoms with Crippen molar-refractivity contribution >= 4 is 28.5 Å². The molecule has 9 heteroatoms. The van der Waals surface area contributed by atoms with Crippen LogP contribution in [-0.2, 0) is 16.1 Å². The third-order valence-corrected chi connectivity index (χ3v) is 6.57. The van der Waals surface area contributed by atoms with E-state index >= 15 is 0 Å². The third kappa shape index (κ3) is 4.18. The molecule has 1 atom stereocenters.